The maximum Gasteiger partial charge on any atom is 0.136 e. The molecule has 2 atom stereocenters. The molecule has 0 aliphatic heterocycles. The molecule has 2 saturated carbocycles. The van der Waals surface area contributed by atoms with E-state index in [-0.39, 0.29) is 5.78 Å². The average Bonchev–Trinajstić information content (AvgIpc) is 2.24. The lowest BCUT2D eigenvalue weighted by atomic mass is 9.44. The van der Waals surface area contributed by atoms with E-state index in [0.29, 0.717) is 24.2 Å². The highest BCUT2D eigenvalue weighted by molar-refractivity contribution is 5.89. The van der Waals surface area contributed by atoms with Gasteiger partial charge >= 0.3 is 0 Å². The van der Waals surface area contributed by atoms with Gasteiger partial charge in [0.05, 0.1) is 11.5 Å². The molecular weight excluding hydrogens is 198 g/mol. The van der Waals surface area contributed by atoms with E-state index in [1.807, 2.05) is 0 Å². The number of allylic oxidation sites excluding steroid dienone is 2. The molecule has 84 valence electrons. The molecule has 0 aromatic rings. The minimum atomic E-state index is -0.412. The zero-order valence-electron chi connectivity index (χ0n) is 9.92. The van der Waals surface area contributed by atoms with Crippen molar-refractivity contribution >= 4 is 5.78 Å². The number of ketones is 1. The maximum atomic E-state index is 11.2. The van der Waals surface area contributed by atoms with Crippen molar-refractivity contribution in [1.82, 2.24) is 0 Å². The van der Waals surface area contributed by atoms with Crippen molar-refractivity contribution in [1.29, 1.82) is 5.26 Å². The maximum absolute atomic E-state index is 11.2. The number of hydrogen-bond acceptors (Lipinski definition) is 2. The number of nitrogens with zero attached hydrogens (tertiary/aromatic N) is 1. The molecule has 0 radical (unpaired) electrons. The molecule has 2 heteroatoms. The molecule has 2 unspecified atom stereocenters. The number of nitriles is 1. The predicted octanol–water partition coefficient (Wildman–Crippen LogP) is 2.85. The summed E-state index contributed by atoms with van der Waals surface area (Å²) in [6, 6.07) is 2.42. The molecule has 0 heterocycles. The molecule has 0 aromatic carbocycles. The van der Waals surface area contributed by atoms with Crippen molar-refractivity contribution in [2.24, 2.45) is 22.7 Å². The average molecular weight is 215 g/mol. The highest BCUT2D eigenvalue weighted by Crippen LogP contribution is 2.64. The van der Waals surface area contributed by atoms with Gasteiger partial charge in [-0.3, -0.25) is 4.79 Å². The van der Waals surface area contributed by atoms with Crippen LogP contribution in [-0.2, 0) is 4.79 Å². The summed E-state index contributed by atoms with van der Waals surface area (Å²) in [5.74, 6) is 1.61. The number of carbonyl (C=O) groups excluding carboxylic acids is 1. The van der Waals surface area contributed by atoms with Crippen molar-refractivity contribution in [3.63, 3.8) is 0 Å². The molecule has 2 nitrogen and oxygen atoms in total. The number of rotatable bonds is 1. The van der Waals surface area contributed by atoms with Gasteiger partial charge in [-0.2, -0.15) is 5.26 Å². The van der Waals surface area contributed by atoms with Crippen molar-refractivity contribution in [3.8, 4) is 6.07 Å². The second kappa shape index (κ2) is 2.77. The van der Waals surface area contributed by atoms with Crippen LogP contribution in [0.2, 0.25) is 0 Å². The van der Waals surface area contributed by atoms with Gasteiger partial charge in [0.25, 0.3) is 0 Å². The topological polar surface area (TPSA) is 40.9 Å². The van der Waals surface area contributed by atoms with Crippen LogP contribution in [0.4, 0.5) is 0 Å². The van der Waals surface area contributed by atoms with Crippen molar-refractivity contribution in [2.75, 3.05) is 0 Å². The van der Waals surface area contributed by atoms with Crippen LogP contribution in [0.15, 0.2) is 11.6 Å². The monoisotopic (exact) mass is 215 g/mol. The van der Waals surface area contributed by atoms with Crippen LogP contribution in [0.3, 0.4) is 0 Å². The van der Waals surface area contributed by atoms with Crippen LogP contribution in [0.5, 0.6) is 0 Å². The summed E-state index contributed by atoms with van der Waals surface area (Å²) in [5.41, 5.74) is 1.24. The minimum absolute atomic E-state index is 0.252. The largest absolute Gasteiger partial charge is 0.300 e. The van der Waals surface area contributed by atoms with Gasteiger partial charge in [-0.05, 0) is 35.7 Å². The Morgan fingerprint density at radius 3 is 2.56 bits per heavy atom. The van der Waals surface area contributed by atoms with E-state index in [4.69, 9.17) is 0 Å². The molecule has 0 aromatic heterocycles. The van der Waals surface area contributed by atoms with Crippen LogP contribution in [0.25, 0.3) is 0 Å². The Morgan fingerprint density at radius 2 is 2.12 bits per heavy atom. The summed E-state index contributed by atoms with van der Waals surface area (Å²) in [5, 5.41) is 9.37. The first kappa shape index (κ1) is 10.1. The standard InChI is InChI=1S/C14H17NO/c1-13(2)9-3-4-11(12(13)5-9)14(8-15)6-10(16)7-14/h4,9,12H,3,5-7H2,1-2H3. The quantitative estimate of drug-likeness (QED) is 0.631. The van der Waals surface area contributed by atoms with E-state index in [2.05, 4.69) is 26.0 Å². The third-order valence-electron chi connectivity index (χ3n) is 5.23. The second-order valence-corrected chi connectivity index (χ2v) is 6.29. The van der Waals surface area contributed by atoms with Crippen molar-refractivity contribution < 1.29 is 4.79 Å². The fraction of sp³-hybridized carbons (Fsp3) is 0.714. The lowest BCUT2D eigenvalue weighted by Gasteiger charge is -2.59. The van der Waals surface area contributed by atoms with E-state index in [1.54, 1.807) is 0 Å². The van der Waals surface area contributed by atoms with E-state index >= 15 is 0 Å². The summed E-state index contributed by atoms with van der Waals surface area (Å²) in [7, 11) is 0. The zero-order valence-corrected chi connectivity index (χ0v) is 9.92. The van der Waals surface area contributed by atoms with Gasteiger partial charge in [-0.25, -0.2) is 0 Å². The molecule has 4 rings (SSSR count). The first-order valence-electron chi connectivity index (χ1n) is 6.13. The Balaban J connectivity index is 1.94. The first-order valence-corrected chi connectivity index (χ1v) is 6.13. The molecule has 0 N–H and O–H groups in total. The summed E-state index contributed by atoms with van der Waals surface area (Å²) in [6.45, 7) is 4.62. The number of fused-ring (bicyclic) bond motifs is 1. The molecule has 4 aliphatic carbocycles. The molecule has 2 bridgehead atoms. The predicted molar refractivity (Wildman–Crippen MR) is 60.4 cm³/mol. The smallest absolute Gasteiger partial charge is 0.136 e. The van der Waals surface area contributed by atoms with Crippen LogP contribution in [0, 0.1) is 34.0 Å². The van der Waals surface area contributed by atoms with Crippen LogP contribution in [-0.4, -0.2) is 5.78 Å². The van der Waals surface area contributed by atoms with Gasteiger partial charge in [0.1, 0.15) is 5.78 Å². The van der Waals surface area contributed by atoms with E-state index < -0.39 is 5.41 Å². The fourth-order valence-corrected chi connectivity index (χ4v) is 3.85. The molecule has 0 amide bonds. The third-order valence-corrected chi connectivity index (χ3v) is 5.23. The second-order valence-electron chi connectivity index (χ2n) is 6.29. The molecular formula is C14H17NO. The highest BCUT2D eigenvalue weighted by atomic mass is 16.1. The van der Waals surface area contributed by atoms with Gasteiger partial charge in [0, 0.05) is 12.8 Å². The van der Waals surface area contributed by atoms with Gasteiger partial charge in [-0.1, -0.05) is 19.9 Å². The SMILES string of the molecule is CC1(C)C2CC=C(C3(C#N)CC(=O)C3)C1C2. The van der Waals surface area contributed by atoms with Crippen LogP contribution < -0.4 is 0 Å². The Bertz CT molecular complexity index is 430. The molecule has 16 heavy (non-hydrogen) atoms. The van der Waals surface area contributed by atoms with Crippen molar-refractivity contribution in [2.45, 2.75) is 39.5 Å². The molecule has 4 aliphatic rings. The summed E-state index contributed by atoms with van der Waals surface area (Å²) >= 11 is 0. The number of carbonyl (C=O) groups is 1. The van der Waals surface area contributed by atoms with Crippen LogP contribution >= 0.6 is 0 Å². The van der Waals surface area contributed by atoms with Gasteiger partial charge in [0.2, 0.25) is 0 Å². The normalized spacial score (nSPS) is 37.8. The van der Waals surface area contributed by atoms with E-state index in [0.717, 1.165) is 12.3 Å². The van der Waals surface area contributed by atoms with Gasteiger partial charge in [0.15, 0.2) is 0 Å². The Kier molecular flexibility index (Phi) is 1.74. The summed E-state index contributed by atoms with van der Waals surface area (Å²) in [6.07, 6.45) is 5.53. The summed E-state index contributed by atoms with van der Waals surface area (Å²) in [4.78, 5) is 11.2. The Morgan fingerprint density at radius 1 is 1.44 bits per heavy atom. The van der Waals surface area contributed by atoms with Gasteiger partial charge < -0.3 is 0 Å². The zero-order chi connectivity index (χ0) is 11.6. The first-order chi connectivity index (χ1) is 7.49. The Labute approximate surface area is 96.3 Å². The van der Waals surface area contributed by atoms with Crippen LogP contribution in [0.1, 0.15) is 39.5 Å². The third kappa shape index (κ3) is 0.993. The molecule has 0 spiro atoms. The van der Waals surface area contributed by atoms with Crippen molar-refractivity contribution in [3.05, 3.63) is 11.6 Å². The molecule has 2 fully saturated rings. The minimum Gasteiger partial charge on any atom is -0.300 e. The Hall–Kier alpha value is -1.10. The lowest BCUT2D eigenvalue weighted by molar-refractivity contribution is -0.130. The fourth-order valence-electron chi connectivity index (χ4n) is 3.85. The lowest BCUT2D eigenvalue weighted by Crippen LogP contribution is -2.53. The summed E-state index contributed by atoms with van der Waals surface area (Å²) < 4.78 is 0. The number of Topliss-reactive ketones (excluding diaryl/α,β-unsaturated/α-hetero) is 1. The van der Waals surface area contributed by atoms with E-state index in [1.165, 1.54) is 12.0 Å². The van der Waals surface area contributed by atoms with Gasteiger partial charge in [-0.15, -0.1) is 0 Å². The molecule has 0 saturated heterocycles. The highest BCUT2D eigenvalue weighted by Gasteiger charge is 2.58. The van der Waals surface area contributed by atoms with E-state index in [9.17, 15) is 10.1 Å². The number of hydrogen-bond donors (Lipinski definition) is 0.